The number of urea groups is 4. The van der Waals surface area contributed by atoms with Crippen LogP contribution in [0.3, 0.4) is 0 Å². The zero-order chi connectivity index (χ0) is 87.7. The molecule has 9 aliphatic heterocycles. The van der Waals surface area contributed by atoms with Gasteiger partial charge in [-0.2, -0.15) is 26.3 Å². The average molecular weight is 1690 g/mol. The average Bonchev–Trinajstić information content (AvgIpc) is 1.55. The Labute approximate surface area is 718 Å². The highest BCUT2D eigenvalue weighted by Gasteiger charge is 2.53. The number of aryl methyl sites for hydroxylation is 7. The van der Waals surface area contributed by atoms with Crippen LogP contribution < -0.4 is 5.73 Å². The van der Waals surface area contributed by atoms with Crippen LogP contribution in [0.4, 0.5) is 45.5 Å². The lowest BCUT2D eigenvalue weighted by molar-refractivity contribution is -0.138. The number of amides is 10. The molecule has 0 spiro atoms. The van der Waals surface area contributed by atoms with Gasteiger partial charge in [-0.1, -0.05) is 125 Å². The molecular formula is C97H128F6N12O7. The molecule has 12 atom stereocenters. The Hall–Kier alpha value is -9.20. The largest absolute Gasteiger partial charge is 0.416 e. The molecule has 6 aromatic carbocycles. The van der Waals surface area contributed by atoms with Gasteiger partial charge in [-0.3, -0.25) is 19.4 Å². The summed E-state index contributed by atoms with van der Waals surface area (Å²) in [5, 5.41) is 0. The third-order valence-corrected chi connectivity index (χ3v) is 29.0. The zero-order valence-electron chi connectivity index (χ0n) is 73.9. The van der Waals surface area contributed by atoms with Gasteiger partial charge in [-0.25, -0.2) is 19.2 Å². The number of fused-ring (bicyclic) bond motifs is 3. The summed E-state index contributed by atoms with van der Waals surface area (Å²) < 4.78 is 86.9. The predicted octanol–water partition coefficient (Wildman–Crippen LogP) is 18.1. The molecule has 0 saturated carbocycles. The maximum Gasteiger partial charge on any atom is 0.416 e. The summed E-state index contributed by atoms with van der Waals surface area (Å²) in [7, 11) is 5.33. The third kappa shape index (κ3) is 19.9. The van der Waals surface area contributed by atoms with Crippen molar-refractivity contribution in [2.75, 3.05) is 119 Å². The van der Waals surface area contributed by atoms with Crippen LogP contribution in [0.5, 0.6) is 0 Å². The van der Waals surface area contributed by atoms with Gasteiger partial charge in [0, 0.05) is 162 Å². The molecule has 0 bridgehead atoms. The van der Waals surface area contributed by atoms with E-state index in [9.17, 15) is 55.1 Å². The normalized spacial score (nSPS) is 24.5. The lowest BCUT2D eigenvalue weighted by Gasteiger charge is -2.45. The lowest BCUT2D eigenvalue weighted by Crippen LogP contribution is -2.51. The van der Waals surface area contributed by atoms with Crippen molar-refractivity contribution in [3.63, 3.8) is 0 Å². The Morgan fingerprint density at radius 1 is 0.402 bits per heavy atom. The molecule has 19 nitrogen and oxygen atoms in total. The fourth-order valence-corrected chi connectivity index (χ4v) is 21.8. The molecule has 9 saturated heterocycles. The number of benzene rings is 6. The molecule has 122 heavy (non-hydrogen) atoms. The molecule has 0 aliphatic carbocycles. The topological polar surface area (TPSA) is 173 Å². The number of piperidine rings is 5. The minimum absolute atomic E-state index is 0.00196. The van der Waals surface area contributed by atoms with Gasteiger partial charge < -0.3 is 54.6 Å². The molecule has 15 rings (SSSR count). The number of carbonyl (C=O) groups excluding carboxylic acids is 6. The van der Waals surface area contributed by atoms with E-state index in [1.54, 1.807) is 63.7 Å². The van der Waals surface area contributed by atoms with Crippen LogP contribution in [0.15, 0.2) is 127 Å². The van der Waals surface area contributed by atoms with Gasteiger partial charge in [0.05, 0.1) is 47.4 Å². The second kappa shape index (κ2) is 38.1. The molecule has 2 N–H and O–H groups in total. The van der Waals surface area contributed by atoms with E-state index in [-0.39, 0.29) is 71.8 Å². The quantitative estimate of drug-likeness (QED) is 0.117. The SMILES string of the molecule is CC(=O)N1CCC(N2CC3[C@H](CCN(C(=O)N(C)[C@H](C)c4cc(C)cc(C)c4)[C@H]3c3ccccc3C)C2)CC1.Cc1cc([C@@H](C)N(C)C(=O)N2CC[C@@H]3CN(C(=O)C4CCN(C(N)=O)CC4)CC3[C@@H]2c2ccccc2C)cc(C(F)(F)F)c1.Cc1cc([C@@H](C)N(C)C(=O)N2CC[C@@H]3CN(C4CCOCC4)CC3[C@@H]2c2ccccc2C)cc(C(F)(F)F)c1. The van der Waals surface area contributed by atoms with Crippen LogP contribution in [0.1, 0.15) is 205 Å². The molecule has 660 valence electrons. The summed E-state index contributed by atoms with van der Waals surface area (Å²) in [4.78, 5) is 102. The molecule has 9 heterocycles. The van der Waals surface area contributed by atoms with E-state index in [4.69, 9.17) is 10.5 Å². The van der Waals surface area contributed by atoms with Crippen LogP contribution in [0.2, 0.25) is 0 Å². The van der Waals surface area contributed by atoms with E-state index in [2.05, 4.69) is 104 Å². The maximum absolute atomic E-state index is 14.3. The summed E-state index contributed by atoms with van der Waals surface area (Å²) in [6.07, 6.45) is -0.842. The van der Waals surface area contributed by atoms with Crippen LogP contribution in [-0.4, -0.2) is 221 Å². The molecule has 25 heteroatoms. The van der Waals surface area contributed by atoms with Crippen LogP contribution in [0.25, 0.3) is 0 Å². The van der Waals surface area contributed by atoms with Crippen LogP contribution >= 0.6 is 0 Å². The van der Waals surface area contributed by atoms with Gasteiger partial charge in [-0.15, -0.1) is 0 Å². The number of halogens is 6. The molecule has 9 fully saturated rings. The highest BCUT2D eigenvalue weighted by Crippen LogP contribution is 2.51. The summed E-state index contributed by atoms with van der Waals surface area (Å²) in [6, 6.07) is 38.5. The Balaban J connectivity index is 0.000000158. The fraction of sp³-hybridized carbons (Fsp3) is 0.567. The molecule has 10 amide bonds. The molecule has 0 radical (unpaired) electrons. The number of alkyl halides is 6. The Bertz CT molecular complexity index is 4690. The first kappa shape index (κ1) is 90.5. The zero-order valence-corrected chi connectivity index (χ0v) is 73.9. The van der Waals surface area contributed by atoms with Crippen molar-refractivity contribution in [1.82, 2.24) is 53.9 Å². The van der Waals surface area contributed by atoms with E-state index in [1.807, 2.05) is 81.8 Å². The second-order valence-corrected chi connectivity index (χ2v) is 36.8. The first-order valence-electron chi connectivity index (χ1n) is 44.3. The smallest absolute Gasteiger partial charge is 0.381 e. The number of ether oxygens (including phenoxy) is 1. The number of likely N-dealkylation sites (tertiary alicyclic amines) is 8. The number of carbonyl (C=O) groups is 6. The number of hydrogen-bond donors (Lipinski definition) is 1. The number of nitrogens with two attached hydrogens (primary N) is 1. The number of rotatable bonds is 12. The van der Waals surface area contributed by atoms with Crippen molar-refractivity contribution >= 4 is 35.9 Å². The summed E-state index contributed by atoms with van der Waals surface area (Å²) in [5.74, 6) is 2.18. The number of hydrogen-bond acceptors (Lipinski definition) is 9. The van der Waals surface area contributed by atoms with E-state index >= 15 is 0 Å². The summed E-state index contributed by atoms with van der Waals surface area (Å²) >= 11 is 0. The van der Waals surface area contributed by atoms with Gasteiger partial charge in [0.15, 0.2) is 0 Å². The Kier molecular flexibility index (Phi) is 28.3. The maximum atomic E-state index is 14.3. The van der Waals surface area contributed by atoms with Crippen LogP contribution in [0, 0.1) is 89.9 Å². The predicted molar refractivity (Wildman–Crippen MR) is 462 cm³/mol. The lowest BCUT2D eigenvalue weighted by atomic mass is 9.78. The van der Waals surface area contributed by atoms with Crippen molar-refractivity contribution in [2.45, 2.75) is 195 Å². The first-order chi connectivity index (χ1) is 57.9. The first-order valence-corrected chi connectivity index (χ1v) is 44.3. The monoisotopic (exact) mass is 1690 g/mol. The molecular weight excluding hydrogens is 1560 g/mol. The van der Waals surface area contributed by atoms with E-state index in [0.717, 1.165) is 139 Å². The molecule has 0 aromatic heterocycles. The van der Waals surface area contributed by atoms with Crippen molar-refractivity contribution < 1.29 is 59.8 Å². The fourth-order valence-electron chi connectivity index (χ4n) is 21.8. The third-order valence-electron chi connectivity index (χ3n) is 29.0. The van der Waals surface area contributed by atoms with Gasteiger partial charge in [0.1, 0.15) is 0 Å². The minimum atomic E-state index is -4.48. The molecule has 6 aromatic rings. The summed E-state index contributed by atoms with van der Waals surface area (Å²) in [6.45, 7) is 32.7. The van der Waals surface area contributed by atoms with Crippen LogP contribution in [-0.2, 0) is 26.7 Å². The van der Waals surface area contributed by atoms with Gasteiger partial charge in [0.2, 0.25) is 11.8 Å². The van der Waals surface area contributed by atoms with E-state index in [1.165, 1.54) is 44.3 Å². The number of primary amides is 1. The van der Waals surface area contributed by atoms with Crippen molar-refractivity contribution in [2.24, 2.45) is 47.2 Å². The second-order valence-electron chi connectivity index (χ2n) is 36.8. The molecule has 3 unspecified atom stereocenters. The van der Waals surface area contributed by atoms with Crippen molar-refractivity contribution in [1.29, 1.82) is 0 Å². The number of nitrogens with zero attached hydrogens (tertiary/aromatic N) is 11. The van der Waals surface area contributed by atoms with Gasteiger partial charge >= 0.3 is 36.5 Å². The van der Waals surface area contributed by atoms with Gasteiger partial charge in [-0.05, 0) is 219 Å². The summed E-state index contributed by atoms with van der Waals surface area (Å²) in [5.41, 5.74) is 16.6. The Morgan fingerprint density at radius 2 is 0.738 bits per heavy atom. The highest BCUT2D eigenvalue weighted by molar-refractivity contribution is 5.81. The minimum Gasteiger partial charge on any atom is -0.381 e. The Morgan fingerprint density at radius 3 is 1.10 bits per heavy atom. The standard InChI is InChI=1S/C33H42F3N5O3.C33H46N4O2.C31H40F3N3O2/c1-20-15-25(17-26(16-20)33(34,35)36)22(3)38(4)32(44)41-14-11-24-18-40(30(42)23-9-12-39(13-10-23)31(37)43)19-28(24)29(41)27-8-6-5-7-21(27)2;1-22-17-23(2)19-28(18-22)25(4)34(6)33(39)37-16-11-27-20-36(29-12-14-35(15-13-29)26(5)38)21-31(27)32(37)30-10-8-7-9-24(30)3;1-20-15-24(17-25(16-20)31(32,33)34)22(3)35(4)30(38)37-12-9-23-18-36(26-10-13-39-14-11-26)19-28(23)29(37)27-8-6-5-7-21(27)2/h5-8,15-17,22-24,28-29H,9-14,18-19H2,1-4H3,(H2,37,43);7-10,17-19,25,27,29,31-32H,11-16,20-21H2,1-6H3;5-8,15-17,22-23,26,28-29H,9-14,18-19H2,1-4H3/t22-,24-,28?,29+;25-,27-,31?,32+;22-,23-,28?,29+/m111/s1. The van der Waals surface area contributed by atoms with E-state index in [0.29, 0.717) is 110 Å². The van der Waals surface area contributed by atoms with Crippen molar-refractivity contribution in [3.05, 3.63) is 211 Å². The highest BCUT2D eigenvalue weighted by atomic mass is 19.4. The van der Waals surface area contributed by atoms with E-state index < -0.39 is 41.6 Å². The van der Waals surface area contributed by atoms with Crippen molar-refractivity contribution in [3.8, 4) is 0 Å². The molecule has 9 aliphatic rings. The van der Waals surface area contributed by atoms with Gasteiger partial charge in [0.25, 0.3) is 0 Å².